The molecule has 1 aromatic rings. The quantitative estimate of drug-likeness (QED) is 0.877. The SMILES string of the molecule is CCN(CCC(=O)O)C(=O)C(C)(C)c1ccc(Cl)cc1F. The lowest BCUT2D eigenvalue weighted by atomic mass is 9.82. The monoisotopic (exact) mass is 315 g/mol. The van der Waals surface area contributed by atoms with Crippen molar-refractivity contribution < 1.29 is 19.1 Å². The highest BCUT2D eigenvalue weighted by Gasteiger charge is 2.35. The minimum Gasteiger partial charge on any atom is -0.481 e. The van der Waals surface area contributed by atoms with E-state index in [0.29, 0.717) is 6.54 Å². The molecule has 1 N–H and O–H groups in total. The van der Waals surface area contributed by atoms with Crippen LogP contribution in [0.1, 0.15) is 32.8 Å². The Morgan fingerprint density at radius 1 is 1.38 bits per heavy atom. The van der Waals surface area contributed by atoms with E-state index in [1.165, 1.54) is 23.1 Å². The Morgan fingerprint density at radius 2 is 2.00 bits per heavy atom. The van der Waals surface area contributed by atoms with E-state index in [1.54, 1.807) is 20.8 Å². The number of likely N-dealkylation sites (N-methyl/N-ethyl adjacent to an activating group) is 1. The largest absolute Gasteiger partial charge is 0.481 e. The van der Waals surface area contributed by atoms with Crippen molar-refractivity contribution in [3.05, 3.63) is 34.6 Å². The van der Waals surface area contributed by atoms with Crippen LogP contribution in [0.15, 0.2) is 18.2 Å². The molecule has 1 amide bonds. The number of nitrogens with zero attached hydrogens (tertiary/aromatic N) is 1. The minimum atomic E-state index is -1.09. The van der Waals surface area contributed by atoms with E-state index >= 15 is 0 Å². The van der Waals surface area contributed by atoms with Crippen molar-refractivity contribution in [3.8, 4) is 0 Å². The van der Waals surface area contributed by atoms with Crippen LogP contribution >= 0.6 is 11.6 Å². The zero-order chi connectivity index (χ0) is 16.2. The maximum Gasteiger partial charge on any atom is 0.305 e. The molecule has 1 aromatic carbocycles. The zero-order valence-electron chi connectivity index (χ0n) is 12.3. The third kappa shape index (κ3) is 4.17. The predicted octanol–water partition coefficient (Wildman–Crippen LogP) is 3.08. The number of carbonyl (C=O) groups is 2. The number of carboxylic acid groups (broad SMARTS) is 1. The van der Waals surface area contributed by atoms with Gasteiger partial charge in [0.25, 0.3) is 0 Å². The highest BCUT2D eigenvalue weighted by atomic mass is 35.5. The highest BCUT2D eigenvalue weighted by Crippen LogP contribution is 2.29. The average Bonchev–Trinajstić information content (AvgIpc) is 2.38. The second kappa shape index (κ2) is 6.89. The van der Waals surface area contributed by atoms with E-state index in [4.69, 9.17) is 16.7 Å². The highest BCUT2D eigenvalue weighted by molar-refractivity contribution is 6.30. The van der Waals surface area contributed by atoms with Crippen LogP contribution in [0.3, 0.4) is 0 Å². The Balaban J connectivity index is 3.03. The molecular formula is C15H19ClFNO3. The van der Waals surface area contributed by atoms with Crippen molar-refractivity contribution in [2.75, 3.05) is 13.1 Å². The number of halogens is 2. The summed E-state index contributed by atoms with van der Waals surface area (Å²) in [6.07, 6.45) is -0.140. The molecule has 0 aromatic heterocycles. The first-order valence-electron chi connectivity index (χ1n) is 6.66. The van der Waals surface area contributed by atoms with Gasteiger partial charge in [0.2, 0.25) is 5.91 Å². The number of hydrogen-bond donors (Lipinski definition) is 1. The fourth-order valence-electron chi connectivity index (χ4n) is 2.14. The fraction of sp³-hybridized carbons (Fsp3) is 0.467. The maximum absolute atomic E-state index is 14.0. The average molecular weight is 316 g/mol. The summed E-state index contributed by atoms with van der Waals surface area (Å²) >= 11 is 5.72. The van der Waals surface area contributed by atoms with Gasteiger partial charge in [-0.05, 0) is 32.9 Å². The summed E-state index contributed by atoms with van der Waals surface area (Å²) < 4.78 is 14.0. The Morgan fingerprint density at radius 3 is 2.48 bits per heavy atom. The topological polar surface area (TPSA) is 57.6 Å². The predicted molar refractivity (Wildman–Crippen MR) is 78.9 cm³/mol. The standard InChI is InChI=1S/C15H19ClFNO3/c1-4-18(8-7-13(19)20)14(21)15(2,3)11-6-5-10(16)9-12(11)17/h5-6,9H,4,7-8H2,1-3H3,(H,19,20). The van der Waals surface area contributed by atoms with E-state index in [0.717, 1.165) is 0 Å². The number of hydrogen-bond acceptors (Lipinski definition) is 2. The summed E-state index contributed by atoms with van der Waals surface area (Å²) in [7, 11) is 0. The number of benzene rings is 1. The van der Waals surface area contributed by atoms with Gasteiger partial charge in [0.1, 0.15) is 5.82 Å². The smallest absolute Gasteiger partial charge is 0.305 e. The molecule has 0 saturated carbocycles. The summed E-state index contributed by atoms with van der Waals surface area (Å²) in [6.45, 7) is 5.46. The molecule has 1 rings (SSSR count). The maximum atomic E-state index is 14.0. The molecule has 0 atom stereocenters. The fourth-order valence-corrected chi connectivity index (χ4v) is 2.30. The second-order valence-corrected chi connectivity index (χ2v) is 5.71. The van der Waals surface area contributed by atoms with Gasteiger partial charge in [0.05, 0.1) is 11.8 Å². The molecular weight excluding hydrogens is 297 g/mol. The molecule has 0 heterocycles. The molecule has 116 valence electrons. The molecule has 0 spiro atoms. The van der Waals surface area contributed by atoms with Gasteiger partial charge in [-0.3, -0.25) is 9.59 Å². The number of aliphatic carboxylic acids is 1. The van der Waals surface area contributed by atoms with Crippen LogP contribution in [0.5, 0.6) is 0 Å². The van der Waals surface area contributed by atoms with Gasteiger partial charge in [-0.15, -0.1) is 0 Å². The van der Waals surface area contributed by atoms with Crippen LogP contribution in [0.4, 0.5) is 4.39 Å². The van der Waals surface area contributed by atoms with Gasteiger partial charge in [0.15, 0.2) is 0 Å². The first-order chi connectivity index (χ1) is 9.70. The van der Waals surface area contributed by atoms with Crippen LogP contribution in [-0.2, 0) is 15.0 Å². The first kappa shape index (κ1) is 17.4. The molecule has 0 unspecified atom stereocenters. The summed E-state index contributed by atoms with van der Waals surface area (Å²) in [5.74, 6) is -1.83. The molecule has 0 saturated heterocycles. The molecule has 0 aliphatic rings. The van der Waals surface area contributed by atoms with Crippen molar-refractivity contribution in [2.45, 2.75) is 32.6 Å². The zero-order valence-corrected chi connectivity index (χ0v) is 13.1. The van der Waals surface area contributed by atoms with Gasteiger partial charge in [0, 0.05) is 23.7 Å². The van der Waals surface area contributed by atoms with Crippen molar-refractivity contribution in [3.63, 3.8) is 0 Å². The van der Waals surface area contributed by atoms with Gasteiger partial charge < -0.3 is 10.0 Å². The molecule has 6 heteroatoms. The van der Waals surface area contributed by atoms with Crippen LogP contribution in [0, 0.1) is 5.82 Å². The van der Waals surface area contributed by atoms with Gasteiger partial charge >= 0.3 is 5.97 Å². The second-order valence-electron chi connectivity index (χ2n) is 5.28. The van der Waals surface area contributed by atoms with Crippen LogP contribution < -0.4 is 0 Å². The normalized spacial score (nSPS) is 11.3. The number of carboxylic acids is 1. The van der Waals surface area contributed by atoms with E-state index in [9.17, 15) is 14.0 Å². The first-order valence-corrected chi connectivity index (χ1v) is 7.04. The summed E-state index contributed by atoms with van der Waals surface area (Å²) in [6, 6.07) is 4.18. The van der Waals surface area contributed by atoms with E-state index < -0.39 is 17.2 Å². The van der Waals surface area contributed by atoms with E-state index in [-0.39, 0.29) is 29.5 Å². The van der Waals surface area contributed by atoms with Gasteiger partial charge in [-0.2, -0.15) is 0 Å². The van der Waals surface area contributed by atoms with Gasteiger partial charge in [-0.25, -0.2) is 4.39 Å². The van der Waals surface area contributed by atoms with Crippen molar-refractivity contribution in [1.82, 2.24) is 4.90 Å². The molecule has 4 nitrogen and oxygen atoms in total. The van der Waals surface area contributed by atoms with E-state index in [1.807, 2.05) is 0 Å². The van der Waals surface area contributed by atoms with Crippen LogP contribution in [-0.4, -0.2) is 35.0 Å². The third-order valence-corrected chi connectivity index (χ3v) is 3.64. The van der Waals surface area contributed by atoms with Crippen LogP contribution in [0.2, 0.25) is 5.02 Å². The summed E-state index contributed by atoms with van der Waals surface area (Å²) in [5, 5.41) is 8.98. The van der Waals surface area contributed by atoms with Gasteiger partial charge in [-0.1, -0.05) is 17.7 Å². The van der Waals surface area contributed by atoms with E-state index in [2.05, 4.69) is 0 Å². The third-order valence-electron chi connectivity index (χ3n) is 3.40. The molecule has 0 bridgehead atoms. The lowest BCUT2D eigenvalue weighted by molar-refractivity contribution is -0.140. The Bertz CT molecular complexity index is 546. The summed E-state index contributed by atoms with van der Waals surface area (Å²) in [4.78, 5) is 24.6. The number of rotatable bonds is 6. The molecule has 0 aliphatic carbocycles. The Labute approximate surface area is 128 Å². The Kier molecular flexibility index (Phi) is 5.72. The van der Waals surface area contributed by atoms with Crippen molar-refractivity contribution >= 4 is 23.5 Å². The van der Waals surface area contributed by atoms with Crippen LogP contribution in [0.25, 0.3) is 0 Å². The van der Waals surface area contributed by atoms with Crippen molar-refractivity contribution in [1.29, 1.82) is 0 Å². The lowest BCUT2D eigenvalue weighted by Crippen LogP contribution is -2.44. The minimum absolute atomic E-state index is 0.101. The number of amides is 1. The summed E-state index contributed by atoms with van der Waals surface area (Å²) in [5.41, 5.74) is -0.853. The molecule has 0 fully saturated rings. The molecule has 21 heavy (non-hydrogen) atoms. The lowest BCUT2D eigenvalue weighted by Gasteiger charge is -2.31. The molecule has 0 radical (unpaired) electrons. The number of carbonyl (C=O) groups excluding carboxylic acids is 1. The molecule has 0 aliphatic heterocycles. The van der Waals surface area contributed by atoms with Crippen molar-refractivity contribution in [2.24, 2.45) is 0 Å². The Hall–Kier alpha value is -1.62.